The molecule has 0 amide bonds. The van der Waals surface area contributed by atoms with E-state index in [0.29, 0.717) is 0 Å². The molecule has 0 aliphatic heterocycles. The fraction of sp³-hybridized carbons (Fsp3) is 0.417. The van der Waals surface area contributed by atoms with Gasteiger partial charge in [0, 0.05) is 4.88 Å². The van der Waals surface area contributed by atoms with Crippen molar-refractivity contribution in [1.29, 1.82) is 0 Å². The maximum atomic E-state index is 12.2. The van der Waals surface area contributed by atoms with Gasteiger partial charge in [0.15, 0.2) is 5.96 Å². The van der Waals surface area contributed by atoms with Crippen LogP contribution in [0.4, 0.5) is 5.95 Å². The normalized spacial score (nSPS) is 14.9. The molecule has 0 saturated heterocycles. The van der Waals surface area contributed by atoms with E-state index < -0.39 is 0 Å². The van der Waals surface area contributed by atoms with Gasteiger partial charge in [0.05, 0.1) is 5.39 Å². The fourth-order valence-electron chi connectivity index (χ4n) is 2.50. The Bertz CT molecular complexity index is 711. The molecule has 1 aliphatic carbocycles. The third kappa shape index (κ3) is 2.21. The summed E-state index contributed by atoms with van der Waals surface area (Å²) in [4.78, 5) is 25.0. The Kier molecular flexibility index (Phi) is 2.98. The van der Waals surface area contributed by atoms with Crippen molar-refractivity contribution >= 4 is 33.5 Å². The van der Waals surface area contributed by atoms with E-state index in [1.54, 1.807) is 11.3 Å². The summed E-state index contributed by atoms with van der Waals surface area (Å²) < 4.78 is 0. The van der Waals surface area contributed by atoms with Crippen molar-refractivity contribution in [3.63, 3.8) is 0 Å². The first-order valence-corrected chi connectivity index (χ1v) is 7.11. The quantitative estimate of drug-likeness (QED) is 0.412. The maximum absolute atomic E-state index is 12.2. The number of hydrogen-bond acceptors (Lipinski definition) is 4. The van der Waals surface area contributed by atoms with Gasteiger partial charge in [-0.1, -0.05) is 6.42 Å². The van der Waals surface area contributed by atoms with Crippen LogP contribution in [0.5, 0.6) is 0 Å². The van der Waals surface area contributed by atoms with E-state index in [1.807, 2.05) is 0 Å². The number of fused-ring (bicyclic) bond motifs is 3. The average Bonchev–Trinajstić information content (AvgIpc) is 2.52. The summed E-state index contributed by atoms with van der Waals surface area (Å²) in [5.74, 6) is 0.0644. The number of aromatic amines is 1. The molecule has 0 bridgehead atoms. The van der Waals surface area contributed by atoms with Crippen LogP contribution in [0.3, 0.4) is 0 Å². The molecule has 2 aromatic rings. The Hall–Kier alpha value is -1.89. The highest BCUT2D eigenvalue weighted by molar-refractivity contribution is 7.18. The van der Waals surface area contributed by atoms with Crippen molar-refractivity contribution in [1.82, 2.24) is 9.97 Å². The van der Waals surface area contributed by atoms with E-state index in [2.05, 4.69) is 15.0 Å². The SMILES string of the molecule is NC(N)=Nc1nc2sc3c(c2c(=O)[nH]1)CCCCC3. The number of nitrogens with one attached hydrogen (secondary N) is 1. The van der Waals surface area contributed by atoms with E-state index in [9.17, 15) is 4.79 Å². The first-order chi connectivity index (χ1) is 9.15. The minimum atomic E-state index is -0.149. The van der Waals surface area contributed by atoms with Gasteiger partial charge < -0.3 is 11.5 Å². The largest absolute Gasteiger partial charge is 0.370 e. The number of H-pyrrole nitrogens is 1. The van der Waals surface area contributed by atoms with Crippen LogP contribution < -0.4 is 17.0 Å². The molecule has 19 heavy (non-hydrogen) atoms. The van der Waals surface area contributed by atoms with Gasteiger partial charge in [-0.15, -0.1) is 11.3 Å². The van der Waals surface area contributed by atoms with Gasteiger partial charge in [-0.2, -0.15) is 4.99 Å². The number of rotatable bonds is 1. The highest BCUT2D eigenvalue weighted by Gasteiger charge is 2.18. The second kappa shape index (κ2) is 4.65. The van der Waals surface area contributed by atoms with E-state index in [0.717, 1.165) is 29.5 Å². The second-order valence-electron chi connectivity index (χ2n) is 4.67. The molecule has 3 rings (SSSR count). The number of thiophene rings is 1. The molecular weight excluding hydrogens is 262 g/mol. The van der Waals surface area contributed by atoms with Crippen molar-refractivity contribution in [3.8, 4) is 0 Å². The van der Waals surface area contributed by atoms with Crippen LogP contribution in [0.15, 0.2) is 9.79 Å². The Morgan fingerprint density at radius 2 is 2.05 bits per heavy atom. The summed E-state index contributed by atoms with van der Waals surface area (Å²) in [6.07, 6.45) is 5.53. The van der Waals surface area contributed by atoms with Crippen LogP contribution in [-0.4, -0.2) is 15.9 Å². The van der Waals surface area contributed by atoms with Crippen LogP contribution >= 0.6 is 11.3 Å². The molecule has 1 aliphatic rings. The van der Waals surface area contributed by atoms with Crippen LogP contribution in [0.25, 0.3) is 10.2 Å². The number of aliphatic imine (C=N–C) groups is 1. The molecular formula is C12H15N5OS. The fourth-order valence-corrected chi connectivity index (χ4v) is 3.76. The average molecular weight is 277 g/mol. The Balaban J connectivity index is 2.23. The number of nitrogens with two attached hydrogens (primary N) is 2. The monoisotopic (exact) mass is 277 g/mol. The minimum absolute atomic E-state index is 0.111. The molecule has 100 valence electrons. The summed E-state index contributed by atoms with van der Waals surface area (Å²) in [7, 11) is 0. The lowest BCUT2D eigenvalue weighted by Crippen LogP contribution is -2.22. The standard InChI is InChI=1S/C12H15N5OS/c13-11(14)17-12-15-9(18)8-6-4-2-1-3-5-7(6)19-10(8)16-12/h1-5H2,(H5,13,14,15,16,17,18). The van der Waals surface area contributed by atoms with Gasteiger partial charge in [-0.3, -0.25) is 9.78 Å². The lowest BCUT2D eigenvalue weighted by molar-refractivity contribution is 0.713. The molecule has 2 aromatic heterocycles. The number of guanidine groups is 1. The Morgan fingerprint density at radius 3 is 2.84 bits per heavy atom. The van der Waals surface area contributed by atoms with Crippen molar-refractivity contribution in [2.24, 2.45) is 16.5 Å². The van der Waals surface area contributed by atoms with Crippen LogP contribution in [0.1, 0.15) is 29.7 Å². The summed E-state index contributed by atoms with van der Waals surface area (Å²) in [6, 6.07) is 0. The van der Waals surface area contributed by atoms with Crippen LogP contribution in [-0.2, 0) is 12.8 Å². The van der Waals surface area contributed by atoms with Gasteiger partial charge in [-0.25, -0.2) is 4.98 Å². The molecule has 0 spiro atoms. The zero-order chi connectivity index (χ0) is 13.4. The third-order valence-electron chi connectivity index (χ3n) is 3.30. The molecule has 5 N–H and O–H groups in total. The summed E-state index contributed by atoms with van der Waals surface area (Å²) in [5, 5.41) is 0.719. The molecule has 7 heteroatoms. The third-order valence-corrected chi connectivity index (χ3v) is 4.48. The molecule has 2 heterocycles. The molecule has 0 atom stereocenters. The first kappa shape index (κ1) is 12.2. The van der Waals surface area contributed by atoms with E-state index in [1.165, 1.54) is 23.3 Å². The van der Waals surface area contributed by atoms with E-state index >= 15 is 0 Å². The molecule has 0 radical (unpaired) electrons. The highest BCUT2D eigenvalue weighted by Crippen LogP contribution is 2.33. The molecule has 0 aromatic carbocycles. The first-order valence-electron chi connectivity index (χ1n) is 6.29. The molecule has 6 nitrogen and oxygen atoms in total. The van der Waals surface area contributed by atoms with Crippen LogP contribution in [0.2, 0.25) is 0 Å². The second-order valence-corrected chi connectivity index (χ2v) is 5.75. The topological polar surface area (TPSA) is 110 Å². The number of aromatic nitrogens is 2. The summed E-state index contributed by atoms with van der Waals surface area (Å²) >= 11 is 1.59. The molecule has 0 fully saturated rings. The van der Waals surface area contributed by atoms with Gasteiger partial charge in [0.2, 0.25) is 5.95 Å². The Labute approximate surface area is 113 Å². The minimum Gasteiger partial charge on any atom is -0.370 e. The van der Waals surface area contributed by atoms with E-state index in [4.69, 9.17) is 11.5 Å². The van der Waals surface area contributed by atoms with Crippen LogP contribution in [0, 0.1) is 0 Å². The number of hydrogen-bond donors (Lipinski definition) is 3. The van der Waals surface area contributed by atoms with Crippen molar-refractivity contribution in [3.05, 3.63) is 20.8 Å². The zero-order valence-electron chi connectivity index (χ0n) is 10.4. The van der Waals surface area contributed by atoms with Gasteiger partial charge >= 0.3 is 0 Å². The molecule has 0 unspecified atom stereocenters. The maximum Gasteiger partial charge on any atom is 0.261 e. The van der Waals surface area contributed by atoms with E-state index in [-0.39, 0.29) is 17.5 Å². The lowest BCUT2D eigenvalue weighted by Gasteiger charge is -1.98. The summed E-state index contributed by atoms with van der Waals surface area (Å²) in [5.41, 5.74) is 11.6. The number of aryl methyl sites for hydroxylation is 2. The van der Waals surface area contributed by atoms with Gasteiger partial charge in [-0.05, 0) is 31.2 Å². The smallest absolute Gasteiger partial charge is 0.261 e. The van der Waals surface area contributed by atoms with Crippen molar-refractivity contribution in [2.45, 2.75) is 32.1 Å². The number of nitrogens with zero attached hydrogens (tertiary/aromatic N) is 2. The Morgan fingerprint density at radius 1 is 1.26 bits per heavy atom. The van der Waals surface area contributed by atoms with Crippen molar-refractivity contribution < 1.29 is 0 Å². The zero-order valence-corrected chi connectivity index (χ0v) is 11.2. The lowest BCUT2D eigenvalue weighted by atomic mass is 10.1. The van der Waals surface area contributed by atoms with Crippen molar-refractivity contribution in [2.75, 3.05) is 0 Å². The van der Waals surface area contributed by atoms with Gasteiger partial charge in [0.25, 0.3) is 5.56 Å². The predicted octanol–water partition coefficient (Wildman–Crippen LogP) is 1.16. The molecule has 0 saturated carbocycles. The predicted molar refractivity (Wildman–Crippen MR) is 77.0 cm³/mol. The van der Waals surface area contributed by atoms with Gasteiger partial charge in [0.1, 0.15) is 4.83 Å². The summed E-state index contributed by atoms with van der Waals surface area (Å²) in [6.45, 7) is 0. The highest BCUT2D eigenvalue weighted by atomic mass is 32.1.